The first-order valence-corrected chi connectivity index (χ1v) is 7.27. The van der Waals surface area contributed by atoms with Crippen molar-refractivity contribution < 1.29 is 0 Å². The topological polar surface area (TPSA) is 15.3 Å². The van der Waals surface area contributed by atoms with E-state index in [2.05, 4.69) is 72.7 Å². The summed E-state index contributed by atoms with van der Waals surface area (Å²) in [6.07, 6.45) is 1.15. The molecule has 0 amide bonds. The van der Waals surface area contributed by atoms with Crippen LogP contribution in [-0.4, -0.2) is 25.0 Å². The van der Waals surface area contributed by atoms with Gasteiger partial charge in [0, 0.05) is 18.8 Å². The first-order chi connectivity index (χ1) is 9.74. The quantitative estimate of drug-likeness (QED) is 0.765. The molecule has 0 spiro atoms. The van der Waals surface area contributed by atoms with Crippen molar-refractivity contribution in [2.75, 3.05) is 25.5 Å². The molecular weight excluding hydrogens is 244 g/mol. The van der Waals surface area contributed by atoms with Gasteiger partial charge in [0.1, 0.15) is 0 Å². The molecule has 2 nitrogen and oxygen atoms in total. The van der Waals surface area contributed by atoms with Gasteiger partial charge in [-0.05, 0) is 44.6 Å². The van der Waals surface area contributed by atoms with E-state index in [9.17, 15) is 0 Å². The zero-order chi connectivity index (χ0) is 14.2. The largest absolute Gasteiger partial charge is 0.385 e. The van der Waals surface area contributed by atoms with Crippen molar-refractivity contribution in [3.63, 3.8) is 0 Å². The molecule has 2 aromatic rings. The molecule has 0 atom stereocenters. The third-order valence-corrected chi connectivity index (χ3v) is 3.39. The van der Waals surface area contributed by atoms with Crippen LogP contribution in [0.3, 0.4) is 0 Å². The van der Waals surface area contributed by atoms with Crippen LogP contribution in [0.2, 0.25) is 0 Å². The Kier molecular flexibility index (Phi) is 5.63. The van der Waals surface area contributed by atoms with E-state index in [1.807, 2.05) is 6.07 Å². The van der Waals surface area contributed by atoms with Crippen molar-refractivity contribution >= 4 is 5.69 Å². The lowest BCUT2D eigenvalue weighted by Gasteiger charge is -2.17. The maximum absolute atomic E-state index is 3.44. The molecular formula is C18H24N2. The second-order valence-corrected chi connectivity index (χ2v) is 5.37. The summed E-state index contributed by atoms with van der Waals surface area (Å²) in [5, 5.41) is 3.44. The van der Waals surface area contributed by atoms with Crippen LogP contribution < -0.4 is 5.32 Å². The molecule has 0 radical (unpaired) electrons. The molecule has 2 rings (SSSR count). The van der Waals surface area contributed by atoms with Gasteiger partial charge in [0.25, 0.3) is 0 Å². The lowest BCUT2D eigenvalue weighted by atomic mass is 10.1. The molecule has 0 aliphatic rings. The maximum atomic E-state index is 3.44. The fraction of sp³-hybridized carbons (Fsp3) is 0.333. The molecule has 0 saturated heterocycles. The fourth-order valence-electron chi connectivity index (χ4n) is 2.22. The zero-order valence-corrected chi connectivity index (χ0v) is 12.5. The van der Waals surface area contributed by atoms with Gasteiger partial charge in [0.15, 0.2) is 0 Å². The number of hydrogen-bond acceptors (Lipinski definition) is 2. The summed E-state index contributed by atoms with van der Waals surface area (Å²) in [5.41, 5.74) is 3.91. The molecule has 0 heterocycles. The average Bonchev–Trinajstić information content (AvgIpc) is 2.47. The number of hydrogen-bond donors (Lipinski definition) is 1. The molecule has 1 N–H and O–H groups in total. The smallest absolute Gasteiger partial charge is 0.0340 e. The summed E-state index contributed by atoms with van der Waals surface area (Å²) in [6, 6.07) is 19.2. The van der Waals surface area contributed by atoms with Gasteiger partial charge in [-0.3, -0.25) is 0 Å². The van der Waals surface area contributed by atoms with Crippen LogP contribution in [0, 0.1) is 6.92 Å². The van der Waals surface area contributed by atoms with Gasteiger partial charge in [0.05, 0.1) is 0 Å². The van der Waals surface area contributed by atoms with E-state index in [0.29, 0.717) is 0 Å². The highest BCUT2D eigenvalue weighted by atomic mass is 15.1. The van der Waals surface area contributed by atoms with Crippen LogP contribution in [0.5, 0.6) is 0 Å². The van der Waals surface area contributed by atoms with Crippen molar-refractivity contribution in [2.45, 2.75) is 19.9 Å². The summed E-state index contributed by atoms with van der Waals surface area (Å²) >= 11 is 0. The first kappa shape index (κ1) is 14.6. The van der Waals surface area contributed by atoms with Crippen molar-refractivity contribution in [3.05, 3.63) is 65.7 Å². The van der Waals surface area contributed by atoms with Gasteiger partial charge in [0.2, 0.25) is 0 Å². The monoisotopic (exact) mass is 268 g/mol. The van der Waals surface area contributed by atoms with Gasteiger partial charge in [-0.15, -0.1) is 0 Å². The summed E-state index contributed by atoms with van der Waals surface area (Å²) < 4.78 is 0. The first-order valence-electron chi connectivity index (χ1n) is 7.27. The second-order valence-electron chi connectivity index (χ2n) is 5.37. The van der Waals surface area contributed by atoms with Gasteiger partial charge >= 0.3 is 0 Å². The number of rotatable bonds is 7. The Morgan fingerprint density at radius 2 is 1.65 bits per heavy atom. The number of benzene rings is 2. The maximum Gasteiger partial charge on any atom is 0.0340 e. The Bertz CT molecular complexity index is 491. The van der Waals surface area contributed by atoms with Gasteiger partial charge in [-0.1, -0.05) is 48.0 Å². The van der Waals surface area contributed by atoms with E-state index in [1.165, 1.54) is 16.8 Å². The van der Waals surface area contributed by atoms with Crippen LogP contribution in [0.25, 0.3) is 0 Å². The molecule has 0 aliphatic heterocycles. The molecule has 0 aromatic heterocycles. The molecule has 2 aromatic carbocycles. The van der Waals surface area contributed by atoms with E-state index in [0.717, 1.165) is 26.1 Å². The number of para-hydroxylation sites is 1. The average molecular weight is 268 g/mol. The van der Waals surface area contributed by atoms with Gasteiger partial charge in [-0.2, -0.15) is 0 Å². The Labute approximate surface area is 122 Å². The molecule has 106 valence electrons. The Hall–Kier alpha value is -1.80. The molecule has 2 heteroatoms. The lowest BCUT2D eigenvalue weighted by Crippen LogP contribution is -2.21. The number of nitrogens with one attached hydrogen (secondary N) is 1. The van der Waals surface area contributed by atoms with Crippen LogP contribution in [-0.2, 0) is 6.54 Å². The van der Waals surface area contributed by atoms with Crippen molar-refractivity contribution in [1.82, 2.24) is 4.90 Å². The predicted molar refractivity (Wildman–Crippen MR) is 87.1 cm³/mol. The normalized spacial score (nSPS) is 10.8. The minimum atomic E-state index is 1.02. The molecule has 20 heavy (non-hydrogen) atoms. The van der Waals surface area contributed by atoms with Crippen molar-refractivity contribution in [1.29, 1.82) is 0 Å². The highest BCUT2D eigenvalue weighted by Crippen LogP contribution is 2.07. The fourth-order valence-corrected chi connectivity index (χ4v) is 2.22. The highest BCUT2D eigenvalue weighted by Gasteiger charge is 2.00. The number of nitrogens with zero attached hydrogens (tertiary/aromatic N) is 1. The van der Waals surface area contributed by atoms with Crippen LogP contribution >= 0.6 is 0 Å². The van der Waals surface area contributed by atoms with Gasteiger partial charge in [-0.25, -0.2) is 0 Å². The van der Waals surface area contributed by atoms with E-state index < -0.39 is 0 Å². The highest BCUT2D eigenvalue weighted by molar-refractivity contribution is 5.42. The zero-order valence-electron chi connectivity index (χ0n) is 12.5. The molecule has 0 aliphatic carbocycles. The summed E-state index contributed by atoms with van der Waals surface area (Å²) in [4.78, 5) is 2.37. The Morgan fingerprint density at radius 3 is 2.35 bits per heavy atom. The third kappa shape index (κ3) is 5.06. The SMILES string of the molecule is Cc1ccc(CN(C)CCCNc2ccccc2)cc1. The summed E-state index contributed by atoms with van der Waals surface area (Å²) in [7, 11) is 2.18. The lowest BCUT2D eigenvalue weighted by molar-refractivity contribution is 0.325. The number of anilines is 1. The minimum absolute atomic E-state index is 1.02. The molecule has 0 saturated carbocycles. The minimum Gasteiger partial charge on any atom is -0.385 e. The van der Waals surface area contributed by atoms with E-state index >= 15 is 0 Å². The van der Waals surface area contributed by atoms with Crippen LogP contribution in [0.1, 0.15) is 17.5 Å². The molecule has 0 bridgehead atoms. The Morgan fingerprint density at radius 1 is 0.950 bits per heavy atom. The van der Waals surface area contributed by atoms with Gasteiger partial charge < -0.3 is 10.2 Å². The third-order valence-electron chi connectivity index (χ3n) is 3.39. The number of aryl methyl sites for hydroxylation is 1. The van der Waals surface area contributed by atoms with Crippen LogP contribution in [0.15, 0.2) is 54.6 Å². The molecule has 0 fully saturated rings. The van der Waals surface area contributed by atoms with Crippen molar-refractivity contribution in [2.24, 2.45) is 0 Å². The Balaban J connectivity index is 1.65. The molecule has 0 unspecified atom stereocenters. The van der Waals surface area contributed by atoms with E-state index in [-0.39, 0.29) is 0 Å². The standard InChI is InChI=1S/C18H24N2/c1-16-9-11-17(12-10-16)15-20(2)14-6-13-19-18-7-4-3-5-8-18/h3-5,7-12,19H,6,13-15H2,1-2H3. The van der Waals surface area contributed by atoms with E-state index in [1.54, 1.807) is 0 Å². The predicted octanol–water partition coefficient (Wildman–Crippen LogP) is 3.93. The summed E-state index contributed by atoms with van der Waals surface area (Å²) in [6.45, 7) is 5.27. The van der Waals surface area contributed by atoms with Crippen molar-refractivity contribution in [3.8, 4) is 0 Å². The van der Waals surface area contributed by atoms with Crippen LogP contribution in [0.4, 0.5) is 5.69 Å². The summed E-state index contributed by atoms with van der Waals surface area (Å²) in [5.74, 6) is 0. The van der Waals surface area contributed by atoms with E-state index in [4.69, 9.17) is 0 Å². The second kappa shape index (κ2) is 7.71.